The molecule has 3 rings (SSSR count). The van der Waals surface area contributed by atoms with Crippen LogP contribution in [0.3, 0.4) is 0 Å². The van der Waals surface area contributed by atoms with E-state index in [9.17, 15) is 0 Å². The third-order valence-corrected chi connectivity index (χ3v) is 4.01. The van der Waals surface area contributed by atoms with Crippen LogP contribution < -0.4 is 0 Å². The van der Waals surface area contributed by atoms with Gasteiger partial charge in [-0.25, -0.2) is 9.97 Å². The van der Waals surface area contributed by atoms with Crippen molar-refractivity contribution in [2.45, 2.75) is 18.9 Å². The second-order valence-electron chi connectivity index (χ2n) is 4.90. The lowest BCUT2D eigenvalue weighted by Crippen LogP contribution is -1.95. The third kappa shape index (κ3) is 2.29. The Kier molecular flexibility index (Phi) is 3.45. The molecule has 0 saturated heterocycles. The first-order valence-electron chi connectivity index (χ1n) is 6.57. The monoisotopic (exact) mass is 280 g/mol. The molecule has 0 aliphatic rings. The molecule has 0 aliphatic heterocycles. The number of benzene rings is 2. The second kappa shape index (κ2) is 5.25. The minimum Gasteiger partial charge on any atom is -0.228 e. The number of hydrogen-bond donors (Lipinski definition) is 0. The van der Waals surface area contributed by atoms with Gasteiger partial charge in [0.05, 0.1) is 5.52 Å². The average Bonchev–Trinajstić information content (AvgIpc) is 2.46. The molecule has 0 radical (unpaired) electrons. The lowest BCUT2D eigenvalue weighted by molar-refractivity contribution is 1.10. The Bertz CT molecular complexity index is 767. The van der Waals surface area contributed by atoms with E-state index in [1.165, 1.54) is 16.5 Å². The zero-order chi connectivity index (χ0) is 14.1. The van der Waals surface area contributed by atoms with E-state index in [1.807, 2.05) is 30.3 Å². The van der Waals surface area contributed by atoms with Crippen molar-refractivity contribution in [3.05, 3.63) is 53.6 Å². The van der Waals surface area contributed by atoms with Crippen LogP contribution in [-0.2, 0) is 0 Å². The Morgan fingerprint density at radius 3 is 2.40 bits per heavy atom. The van der Waals surface area contributed by atoms with Gasteiger partial charge in [0.2, 0.25) is 0 Å². The fraction of sp³-hybridized carbons (Fsp3) is 0.176. The summed E-state index contributed by atoms with van der Waals surface area (Å²) in [7, 11) is 0. The summed E-state index contributed by atoms with van der Waals surface area (Å²) >= 11 is 1.68. The molecule has 0 unspecified atom stereocenters. The number of nitrogens with zero attached hydrogens (tertiary/aromatic N) is 2. The Hall–Kier alpha value is -1.87. The smallest absolute Gasteiger partial charge is 0.161 e. The van der Waals surface area contributed by atoms with E-state index in [2.05, 4.69) is 32.2 Å². The van der Waals surface area contributed by atoms with Gasteiger partial charge in [0.1, 0.15) is 5.03 Å². The van der Waals surface area contributed by atoms with Crippen LogP contribution in [0.25, 0.3) is 22.3 Å². The van der Waals surface area contributed by atoms with Gasteiger partial charge in [-0.05, 0) is 37.3 Å². The third-order valence-electron chi connectivity index (χ3n) is 3.33. The minimum atomic E-state index is 0.799. The predicted octanol–water partition coefficient (Wildman–Crippen LogP) is 4.64. The summed E-state index contributed by atoms with van der Waals surface area (Å²) < 4.78 is 0. The highest BCUT2D eigenvalue weighted by Gasteiger charge is 2.11. The zero-order valence-electron chi connectivity index (χ0n) is 11.8. The van der Waals surface area contributed by atoms with E-state index in [-0.39, 0.29) is 0 Å². The van der Waals surface area contributed by atoms with E-state index < -0.39 is 0 Å². The van der Waals surface area contributed by atoms with Crippen molar-refractivity contribution in [3.63, 3.8) is 0 Å². The second-order valence-corrected chi connectivity index (χ2v) is 5.69. The first-order valence-corrected chi connectivity index (χ1v) is 7.80. The summed E-state index contributed by atoms with van der Waals surface area (Å²) in [4.78, 5) is 9.48. The molecule has 1 aromatic heterocycles. The van der Waals surface area contributed by atoms with E-state index >= 15 is 0 Å². The molecule has 0 N–H and O–H groups in total. The van der Waals surface area contributed by atoms with Gasteiger partial charge in [-0.1, -0.05) is 36.4 Å². The Morgan fingerprint density at radius 1 is 0.950 bits per heavy atom. The first kappa shape index (κ1) is 13.1. The van der Waals surface area contributed by atoms with Crippen LogP contribution in [0.1, 0.15) is 11.1 Å². The van der Waals surface area contributed by atoms with Crippen LogP contribution in [0.15, 0.2) is 47.5 Å². The van der Waals surface area contributed by atoms with Crippen LogP contribution in [0.2, 0.25) is 0 Å². The number of aromatic nitrogens is 2. The fourth-order valence-electron chi connectivity index (χ4n) is 2.47. The molecule has 20 heavy (non-hydrogen) atoms. The van der Waals surface area contributed by atoms with E-state index in [4.69, 9.17) is 9.97 Å². The van der Waals surface area contributed by atoms with Crippen molar-refractivity contribution in [1.82, 2.24) is 9.97 Å². The molecule has 0 bridgehead atoms. The van der Waals surface area contributed by atoms with Crippen LogP contribution in [0, 0.1) is 13.8 Å². The predicted molar refractivity (Wildman–Crippen MR) is 86.2 cm³/mol. The SMILES string of the molecule is CSc1nc(-c2ccccc2)nc2cc(C)cc(C)c12. The van der Waals surface area contributed by atoms with Crippen molar-refractivity contribution in [1.29, 1.82) is 0 Å². The van der Waals surface area contributed by atoms with Crippen molar-refractivity contribution in [3.8, 4) is 11.4 Å². The molecule has 3 aromatic rings. The van der Waals surface area contributed by atoms with Crippen molar-refractivity contribution in [2.24, 2.45) is 0 Å². The number of rotatable bonds is 2. The summed E-state index contributed by atoms with van der Waals surface area (Å²) in [5.74, 6) is 0.799. The molecule has 0 aliphatic carbocycles. The maximum absolute atomic E-state index is 4.75. The highest BCUT2D eigenvalue weighted by atomic mass is 32.2. The summed E-state index contributed by atoms with van der Waals surface area (Å²) in [6.45, 7) is 4.23. The van der Waals surface area contributed by atoms with Gasteiger partial charge in [-0.15, -0.1) is 11.8 Å². The van der Waals surface area contributed by atoms with Crippen molar-refractivity contribution in [2.75, 3.05) is 6.26 Å². The molecule has 100 valence electrons. The van der Waals surface area contributed by atoms with Gasteiger partial charge < -0.3 is 0 Å². The van der Waals surface area contributed by atoms with Gasteiger partial charge in [0, 0.05) is 10.9 Å². The van der Waals surface area contributed by atoms with Gasteiger partial charge in [-0.2, -0.15) is 0 Å². The van der Waals surface area contributed by atoms with E-state index in [1.54, 1.807) is 11.8 Å². The molecule has 0 amide bonds. The number of thioether (sulfide) groups is 1. The van der Waals surface area contributed by atoms with Crippen LogP contribution in [0.4, 0.5) is 0 Å². The fourth-order valence-corrected chi connectivity index (χ4v) is 3.11. The van der Waals surface area contributed by atoms with Crippen LogP contribution in [-0.4, -0.2) is 16.2 Å². The molecule has 0 fully saturated rings. The molecule has 0 spiro atoms. The molecule has 0 saturated carbocycles. The molecule has 2 nitrogen and oxygen atoms in total. The lowest BCUT2D eigenvalue weighted by atomic mass is 10.1. The van der Waals surface area contributed by atoms with Crippen LogP contribution in [0.5, 0.6) is 0 Å². The molecular weight excluding hydrogens is 264 g/mol. The summed E-state index contributed by atoms with van der Waals surface area (Å²) in [6.07, 6.45) is 2.07. The highest BCUT2D eigenvalue weighted by molar-refractivity contribution is 7.98. The normalized spacial score (nSPS) is 10.9. The van der Waals surface area contributed by atoms with E-state index in [0.29, 0.717) is 0 Å². The summed E-state index contributed by atoms with van der Waals surface area (Å²) in [5, 5.41) is 2.22. The van der Waals surface area contributed by atoms with Gasteiger partial charge in [0.25, 0.3) is 0 Å². The topological polar surface area (TPSA) is 25.8 Å². The van der Waals surface area contributed by atoms with E-state index in [0.717, 1.165) is 21.9 Å². The van der Waals surface area contributed by atoms with Gasteiger partial charge in [0.15, 0.2) is 5.82 Å². The molecular formula is C17H16N2S. The Labute approximate surface area is 123 Å². The molecule has 2 aromatic carbocycles. The largest absolute Gasteiger partial charge is 0.228 e. The maximum atomic E-state index is 4.75. The van der Waals surface area contributed by atoms with Crippen LogP contribution >= 0.6 is 11.8 Å². The highest BCUT2D eigenvalue weighted by Crippen LogP contribution is 2.30. The average molecular weight is 280 g/mol. The summed E-state index contributed by atoms with van der Waals surface area (Å²) in [6, 6.07) is 14.5. The molecule has 3 heteroatoms. The van der Waals surface area contributed by atoms with Gasteiger partial charge in [-0.3, -0.25) is 0 Å². The number of hydrogen-bond acceptors (Lipinski definition) is 3. The zero-order valence-corrected chi connectivity index (χ0v) is 12.7. The van der Waals surface area contributed by atoms with Crippen molar-refractivity contribution >= 4 is 22.7 Å². The molecule has 1 heterocycles. The summed E-state index contributed by atoms with van der Waals surface area (Å²) in [5.41, 5.74) is 4.56. The minimum absolute atomic E-state index is 0.799. The Morgan fingerprint density at radius 2 is 1.70 bits per heavy atom. The standard InChI is InChI=1S/C17H16N2S/c1-11-9-12(2)15-14(10-11)18-16(19-17(15)20-3)13-7-5-4-6-8-13/h4-10H,1-3H3. The first-order chi connectivity index (χ1) is 9.69. The maximum Gasteiger partial charge on any atom is 0.161 e. The Balaban J connectivity index is 2.32. The van der Waals surface area contributed by atoms with Crippen molar-refractivity contribution < 1.29 is 0 Å². The lowest BCUT2D eigenvalue weighted by Gasteiger charge is -2.10. The quantitative estimate of drug-likeness (QED) is 0.505. The number of aryl methyl sites for hydroxylation is 2. The van der Waals surface area contributed by atoms with Gasteiger partial charge >= 0.3 is 0 Å². The number of fused-ring (bicyclic) bond motifs is 1. The molecule has 0 atom stereocenters.